The smallest absolute Gasteiger partial charge is 0.340 e. The molecule has 0 atom stereocenters. The number of ketones is 1. The van der Waals surface area contributed by atoms with E-state index in [1.54, 1.807) is 32.9 Å². The van der Waals surface area contributed by atoms with Gasteiger partial charge in [-0.15, -0.1) is 0 Å². The maximum Gasteiger partial charge on any atom is 0.340 e. The van der Waals surface area contributed by atoms with Crippen LogP contribution in [0.2, 0.25) is 0 Å². The van der Waals surface area contributed by atoms with Crippen molar-refractivity contribution in [3.8, 4) is 17.6 Å². The monoisotopic (exact) mass is 444 g/mol. The summed E-state index contributed by atoms with van der Waals surface area (Å²) in [5, 5.41) is 9.55. The molecular formula is C20H17BrN2O5. The fourth-order valence-corrected chi connectivity index (χ4v) is 3.41. The number of halogens is 1. The van der Waals surface area contributed by atoms with Gasteiger partial charge < -0.3 is 19.2 Å². The van der Waals surface area contributed by atoms with Crippen LogP contribution >= 0.6 is 15.9 Å². The molecule has 0 radical (unpaired) electrons. The lowest BCUT2D eigenvalue weighted by Gasteiger charge is -2.04. The Kier molecular flexibility index (Phi) is 5.56. The normalized spacial score (nSPS) is 12.6. The van der Waals surface area contributed by atoms with Crippen LogP contribution in [-0.4, -0.2) is 30.1 Å². The molecule has 1 aromatic heterocycles. The number of Topliss-reactive ketones (excluding diaryl/α,β-unsaturated/α-hetero) is 1. The molecule has 0 saturated heterocycles. The fourth-order valence-electron chi connectivity index (χ4n) is 2.97. The van der Waals surface area contributed by atoms with Gasteiger partial charge in [0.2, 0.25) is 12.6 Å². The van der Waals surface area contributed by atoms with Gasteiger partial charge in [-0.2, -0.15) is 5.26 Å². The van der Waals surface area contributed by atoms with E-state index >= 15 is 0 Å². The number of nitrogens with zero attached hydrogens (tertiary/aromatic N) is 1. The highest BCUT2D eigenvalue weighted by molar-refractivity contribution is 9.10. The minimum atomic E-state index is -0.511. The second kappa shape index (κ2) is 7.90. The van der Waals surface area contributed by atoms with Crippen LogP contribution in [0.1, 0.15) is 44.6 Å². The van der Waals surface area contributed by atoms with E-state index in [-0.39, 0.29) is 24.7 Å². The number of ether oxygens (including phenoxy) is 3. The van der Waals surface area contributed by atoms with E-state index in [0.717, 1.165) is 0 Å². The Morgan fingerprint density at radius 3 is 2.64 bits per heavy atom. The molecule has 1 N–H and O–H groups in total. The summed E-state index contributed by atoms with van der Waals surface area (Å²) in [4.78, 5) is 28.0. The first kappa shape index (κ1) is 19.7. The zero-order chi connectivity index (χ0) is 20.4. The van der Waals surface area contributed by atoms with Gasteiger partial charge >= 0.3 is 5.97 Å². The van der Waals surface area contributed by atoms with Gasteiger partial charge in [-0.1, -0.05) is 15.9 Å². The van der Waals surface area contributed by atoms with Gasteiger partial charge in [0.25, 0.3) is 0 Å². The first-order chi connectivity index (χ1) is 13.4. The lowest BCUT2D eigenvalue weighted by molar-refractivity contribution is 0.0525. The molecule has 144 valence electrons. The Hall–Kier alpha value is -3.05. The van der Waals surface area contributed by atoms with E-state index in [2.05, 4.69) is 20.9 Å². The van der Waals surface area contributed by atoms with E-state index in [4.69, 9.17) is 14.2 Å². The highest BCUT2D eigenvalue weighted by Gasteiger charge is 2.25. The number of fused-ring (bicyclic) bond motifs is 1. The summed E-state index contributed by atoms with van der Waals surface area (Å²) < 4.78 is 16.3. The fraction of sp³-hybridized carbons (Fsp3) is 0.250. The highest BCUT2D eigenvalue weighted by atomic mass is 79.9. The van der Waals surface area contributed by atoms with Gasteiger partial charge in [-0.25, -0.2) is 4.79 Å². The third-order valence-electron chi connectivity index (χ3n) is 4.30. The summed E-state index contributed by atoms with van der Waals surface area (Å²) in [6.45, 7) is 5.39. The molecule has 7 nitrogen and oxygen atoms in total. The number of hydrogen-bond donors (Lipinski definition) is 1. The predicted octanol–water partition coefficient (Wildman–Crippen LogP) is 4.09. The van der Waals surface area contributed by atoms with E-state index in [9.17, 15) is 14.9 Å². The number of carbonyl (C=O) groups excluding carboxylic acids is 2. The first-order valence-electron chi connectivity index (χ1n) is 8.49. The molecule has 1 aromatic carbocycles. The number of aromatic amines is 1. The Morgan fingerprint density at radius 1 is 1.32 bits per heavy atom. The zero-order valence-electron chi connectivity index (χ0n) is 15.5. The molecule has 1 aliphatic rings. The molecule has 2 heterocycles. The lowest BCUT2D eigenvalue weighted by Crippen LogP contribution is -2.08. The third kappa shape index (κ3) is 3.53. The molecule has 8 heteroatoms. The van der Waals surface area contributed by atoms with Crippen molar-refractivity contribution in [2.75, 3.05) is 13.4 Å². The number of aryl methyl sites for hydroxylation is 1. The summed E-state index contributed by atoms with van der Waals surface area (Å²) in [5.41, 5.74) is 1.98. The lowest BCUT2D eigenvalue weighted by atomic mass is 10.0. The van der Waals surface area contributed by atoms with Crippen molar-refractivity contribution in [2.45, 2.75) is 20.8 Å². The van der Waals surface area contributed by atoms with Crippen LogP contribution in [-0.2, 0) is 4.74 Å². The third-order valence-corrected chi connectivity index (χ3v) is 4.99. The van der Waals surface area contributed by atoms with Gasteiger partial charge in [0.1, 0.15) is 11.6 Å². The van der Waals surface area contributed by atoms with E-state index in [0.29, 0.717) is 38.4 Å². The molecule has 3 rings (SSSR count). The number of hydrogen-bond acceptors (Lipinski definition) is 6. The minimum Gasteiger partial charge on any atom is -0.462 e. The number of nitriles is 1. The summed E-state index contributed by atoms with van der Waals surface area (Å²) in [6.07, 6.45) is 1.47. The van der Waals surface area contributed by atoms with Crippen molar-refractivity contribution in [2.24, 2.45) is 0 Å². The number of benzene rings is 1. The molecule has 0 aliphatic carbocycles. The molecule has 0 amide bonds. The van der Waals surface area contributed by atoms with Gasteiger partial charge in [0, 0.05) is 10.2 Å². The first-order valence-corrected chi connectivity index (χ1v) is 9.28. The molecule has 0 bridgehead atoms. The van der Waals surface area contributed by atoms with Crippen LogP contribution in [0.15, 0.2) is 22.2 Å². The van der Waals surface area contributed by atoms with E-state index in [1.807, 2.05) is 6.07 Å². The van der Waals surface area contributed by atoms with E-state index < -0.39 is 11.8 Å². The Balaban J connectivity index is 2.00. The number of aromatic nitrogens is 1. The Morgan fingerprint density at radius 2 is 2.00 bits per heavy atom. The Labute approximate surface area is 170 Å². The van der Waals surface area contributed by atoms with Crippen molar-refractivity contribution in [1.29, 1.82) is 5.26 Å². The maximum atomic E-state index is 12.9. The predicted molar refractivity (Wildman–Crippen MR) is 104 cm³/mol. The highest BCUT2D eigenvalue weighted by Crippen LogP contribution is 2.38. The summed E-state index contributed by atoms with van der Waals surface area (Å²) in [7, 11) is 0. The summed E-state index contributed by atoms with van der Waals surface area (Å²) in [6, 6.07) is 5.34. The number of esters is 1. The number of rotatable bonds is 5. The summed E-state index contributed by atoms with van der Waals surface area (Å²) >= 11 is 3.41. The van der Waals surface area contributed by atoms with Crippen LogP contribution in [0.3, 0.4) is 0 Å². The van der Waals surface area contributed by atoms with Crippen LogP contribution in [0.25, 0.3) is 6.08 Å². The number of H-pyrrole nitrogens is 1. The van der Waals surface area contributed by atoms with E-state index in [1.165, 1.54) is 6.08 Å². The minimum absolute atomic E-state index is 0.0840. The molecule has 28 heavy (non-hydrogen) atoms. The van der Waals surface area contributed by atoms with Crippen molar-refractivity contribution in [3.05, 3.63) is 50.3 Å². The number of allylic oxidation sites excluding steroid dienone is 1. The van der Waals surface area contributed by atoms with Crippen LogP contribution in [0.4, 0.5) is 0 Å². The largest absolute Gasteiger partial charge is 0.462 e. The topological polar surface area (TPSA) is 101 Å². The second-order valence-electron chi connectivity index (χ2n) is 6.07. The Bertz CT molecular complexity index is 1050. The van der Waals surface area contributed by atoms with Gasteiger partial charge in [0.15, 0.2) is 11.5 Å². The van der Waals surface area contributed by atoms with Gasteiger partial charge in [-0.05, 0) is 50.1 Å². The van der Waals surface area contributed by atoms with Crippen LogP contribution < -0.4 is 9.47 Å². The standard InChI is InChI=1S/C20H17BrN2O5/c1-4-26-20(25)17-10(2)18(23-11(17)3)19(24)13(8-22)5-12-6-15-16(7-14(12)21)28-9-27-15/h5-7,23H,4,9H2,1-3H3. The molecule has 2 aromatic rings. The maximum absolute atomic E-state index is 12.9. The molecule has 1 aliphatic heterocycles. The van der Waals surface area contributed by atoms with Crippen molar-refractivity contribution in [3.63, 3.8) is 0 Å². The van der Waals surface area contributed by atoms with Gasteiger partial charge in [0.05, 0.1) is 17.9 Å². The number of carbonyl (C=O) groups is 2. The molecule has 0 spiro atoms. The van der Waals surface area contributed by atoms with Crippen molar-refractivity contribution >= 4 is 33.8 Å². The average molecular weight is 445 g/mol. The second-order valence-corrected chi connectivity index (χ2v) is 6.93. The summed E-state index contributed by atoms with van der Waals surface area (Å²) in [5.74, 6) is 0.108. The van der Waals surface area contributed by atoms with Crippen molar-refractivity contribution in [1.82, 2.24) is 4.98 Å². The van der Waals surface area contributed by atoms with Gasteiger partial charge in [-0.3, -0.25) is 4.79 Å². The quantitative estimate of drug-likeness (QED) is 0.322. The molecule has 0 fully saturated rings. The molecular weight excluding hydrogens is 428 g/mol. The molecule has 0 saturated carbocycles. The van der Waals surface area contributed by atoms with Crippen LogP contribution in [0.5, 0.6) is 11.5 Å². The van der Waals surface area contributed by atoms with Crippen LogP contribution in [0, 0.1) is 25.2 Å². The SMILES string of the molecule is CCOC(=O)c1c(C)[nH]c(C(=O)C(C#N)=Cc2cc3c(cc2Br)OCO3)c1C. The average Bonchev–Trinajstić information content (AvgIpc) is 3.22. The zero-order valence-corrected chi connectivity index (χ0v) is 17.1. The number of nitrogens with one attached hydrogen (secondary N) is 1. The molecule has 0 unspecified atom stereocenters. The van der Waals surface area contributed by atoms with Crippen molar-refractivity contribution < 1.29 is 23.8 Å².